The molecular weight excluding hydrogens is 374 g/mol. The van der Waals surface area contributed by atoms with Crippen molar-refractivity contribution in [1.29, 1.82) is 0 Å². The number of Topliss-reactive ketones (excluding diaryl/α,β-unsaturated/α-hetero) is 1. The molecule has 0 bridgehead atoms. The van der Waals surface area contributed by atoms with E-state index in [4.69, 9.17) is 0 Å². The third-order valence-electron chi connectivity index (χ3n) is 6.21. The number of benzene rings is 1. The van der Waals surface area contributed by atoms with E-state index in [9.17, 15) is 14.4 Å². The number of unbranched alkanes of at least 4 members (excludes halogenated alkanes) is 12. The van der Waals surface area contributed by atoms with Crippen LogP contribution >= 0.6 is 0 Å². The molecule has 1 atom stereocenters. The molecule has 0 N–H and O–H groups in total. The number of imide groups is 1. The van der Waals surface area contributed by atoms with Crippen molar-refractivity contribution in [2.45, 2.75) is 110 Å². The molecule has 0 aliphatic carbocycles. The molecule has 4 nitrogen and oxygen atoms in total. The minimum absolute atomic E-state index is 0.0208. The fraction of sp³-hybridized carbons (Fsp3) is 0.654. The van der Waals surface area contributed by atoms with Crippen LogP contribution in [0.1, 0.15) is 124 Å². The number of carbonyl (C=O) groups excluding carboxylic acids is 3. The summed E-state index contributed by atoms with van der Waals surface area (Å²) < 4.78 is 0. The first kappa shape index (κ1) is 24.3. The predicted octanol–water partition coefficient (Wildman–Crippen LogP) is 6.72. The topological polar surface area (TPSA) is 54.5 Å². The van der Waals surface area contributed by atoms with Gasteiger partial charge in [-0.3, -0.25) is 19.3 Å². The number of carbonyl (C=O) groups is 3. The van der Waals surface area contributed by atoms with Crippen LogP contribution in [0.2, 0.25) is 0 Å². The average molecular weight is 414 g/mol. The van der Waals surface area contributed by atoms with Gasteiger partial charge in [-0.15, -0.1) is 0 Å². The number of fused-ring (bicyclic) bond motifs is 1. The summed E-state index contributed by atoms with van der Waals surface area (Å²) in [5, 5.41) is 0. The fourth-order valence-electron chi connectivity index (χ4n) is 4.23. The van der Waals surface area contributed by atoms with Crippen LogP contribution in [0.15, 0.2) is 24.3 Å². The highest BCUT2D eigenvalue weighted by atomic mass is 16.2. The molecule has 0 saturated heterocycles. The van der Waals surface area contributed by atoms with E-state index in [0.717, 1.165) is 24.2 Å². The normalized spacial score (nSPS) is 14.3. The molecule has 30 heavy (non-hydrogen) atoms. The van der Waals surface area contributed by atoms with Crippen LogP contribution in [0.3, 0.4) is 0 Å². The number of amides is 2. The molecule has 2 rings (SSSR count). The molecule has 166 valence electrons. The van der Waals surface area contributed by atoms with Gasteiger partial charge in [0.2, 0.25) is 0 Å². The van der Waals surface area contributed by atoms with E-state index in [0.29, 0.717) is 17.5 Å². The summed E-state index contributed by atoms with van der Waals surface area (Å²) in [6.45, 7) is 3.93. The SMILES string of the molecule is CCCCCCCCCCCCCCCC(=O)C(C)N1C(=O)c2ccccc2C1=O. The van der Waals surface area contributed by atoms with Crippen LogP contribution in [-0.4, -0.2) is 28.5 Å². The second-order valence-corrected chi connectivity index (χ2v) is 8.66. The molecule has 1 aliphatic heterocycles. The zero-order valence-electron chi connectivity index (χ0n) is 19.0. The Morgan fingerprint density at radius 3 is 1.57 bits per heavy atom. The van der Waals surface area contributed by atoms with Gasteiger partial charge in [0.15, 0.2) is 5.78 Å². The van der Waals surface area contributed by atoms with E-state index in [1.807, 2.05) is 0 Å². The van der Waals surface area contributed by atoms with Gasteiger partial charge < -0.3 is 0 Å². The van der Waals surface area contributed by atoms with Crippen molar-refractivity contribution < 1.29 is 14.4 Å². The number of rotatable bonds is 16. The van der Waals surface area contributed by atoms with Crippen molar-refractivity contribution in [1.82, 2.24) is 4.90 Å². The Morgan fingerprint density at radius 1 is 0.733 bits per heavy atom. The van der Waals surface area contributed by atoms with Gasteiger partial charge in [0.1, 0.15) is 0 Å². The molecule has 2 amide bonds. The van der Waals surface area contributed by atoms with E-state index in [-0.39, 0.29) is 17.6 Å². The van der Waals surface area contributed by atoms with E-state index in [1.165, 1.54) is 64.2 Å². The van der Waals surface area contributed by atoms with Gasteiger partial charge in [0.05, 0.1) is 17.2 Å². The molecule has 1 aromatic rings. The second-order valence-electron chi connectivity index (χ2n) is 8.66. The highest BCUT2D eigenvalue weighted by Crippen LogP contribution is 2.25. The van der Waals surface area contributed by atoms with Gasteiger partial charge in [0, 0.05) is 6.42 Å². The Labute approximate surface area is 182 Å². The maximum absolute atomic E-state index is 12.5. The van der Waals surface area contributed by atoms with Crippen LogP contribution in [0.25, 0.3) is 0 Å². The lowest BCUT2D eigenvalue weighted by atomic mass is 10.0. The van der Waals surface area contributed by atoms with Crippen LogP contribution in [0.4, 0.5) is 0 Å². The summed E-state index contributed by atoms with van der Waals surface area (Å²) in [7, 11) is 0. The quantitative estimate of drug-likeness (QED) is 0.223. The number of nitrogens with zero attached hydrogens (tertiary/aromatic N) is 1. The maximum Gasteiger partial charge on any atom is 0.262 e. The molecule has 0 fully saturated rings. The maximum atomic E-state index is 12.5. The summed E-state index contributed by atoms with van der Waals surface area (Å²) in [6, 6.07) is 6.11. The lowest BCUT2D eigenvalue weighted by molar-refractivity contribution is -0.122. The molecular formula is C26H39NO3. The molecule has 0 spiro atoms. The Morgan fingerprint density at radius 2 is 1.13 bits per heavy atom. The van der Waals surface area contributed by atoms with Gasteiger partial charge in [-0.05, 0) is 25.5 Å². The van der Waals surface area contributed by atoms with E-state index < -0.39 is 6.04 Å². The molecule has 0 radical (unpaired) electrons. The number of ketones is 1. The molecule has 1 heterocycles. The minimum Gasteiger partial charge on any atom is -0.297 e. The predicted molar refractivity (Wildman–Crippen MR) is 122 cm³/mol. The first-order chi connectivity index (χ1) is 14.6. The lowest BCUT2D eigenvalue weighted by Gasteiger charge is -2.21. The summed E-state index contributed by atoms with van der Waals surface area (Å²) >= 11 is 0. The van der Waals surface area contributed by atoms with Gasteiger partial charge >= 0.3 is 0 Å². The Balaban J connectivity index is 1.53. The first-order valence-electron chi connectivity index (χ1n) is 12.1. The first-order valence-corrected chi connectivity index (χ1v) is 12.1. The summed E-state index contributed by atoms with van der Waals surface area (Å²) in [4.78, 5) is 38.7. The van der Waals surface area contributed by atoms with Crippen molar-refractivity contribution in [3.8, 4) is 0 Å². The highest BCUT2D eigenvalue weighted by Gasteiger charge is 2.40. The van der Waals surface area contributed by atoms with Gasteiger partial charge in [-0.2, -0.15) is 0 Å². The van der Waals surface area contributed by atoms with Crippen molar-refractivity contribution in [3.63, 3.8) is 0 Å². The molecule has 4 heteroatoms. The van der Waals surface area contributed by atoms with Gasteiger partial charge in [0.25, 0.3) is 11.8 Å². The van der Waals surface area contributed by atoms with Crippen molar-refractivity contribution >= 4 is 17.6 Å². The summed E-state index contributed by atoms with van der Waals surface area (Å²) in [5.41, 5.74) is 0.811. The van der Waals surface area contributed by atoms with Crippen LogP contribution in [0.5, 0.6) is 0 Å². The van der Waals surface area contributed by atoms with Crippen molar-refractivity contribution in [3.05, 3.63) is 35.4 Å². The van der Waals surface area contributed by atoms with E-state index >= 15 is 0 Å². The fourth-order valence-corrected chi connectivity index (χ4v) is 4.23. The van der Waals surface area contributed by atoms with E-state index in [2.05, 4.69) is 6.92 Å². The zero-order chi connectivity index (χ0) is 21.8. The third-order valence-corrected chi connectivity index (χ3v) is 6.21. The number of hydrogen-bond donors (Lipinski definition) is 0. The lowest BCUT2D eigenvalue weighted by Crippen LogP contribution is -2.42. The van der Waals surface area contributed by atoms with Crippen LogP contribution in [-0.2, 0) is 4.79 Å². The van der Waals surface area contributed by atoms with Gasteiger partial charge in [-0.1, -0.05) is 96.1 Å². The standard InChI is InChI=1S/C26H39NO3/c1-3-4-5-6-7-8-9-10-11-12-13-14-15-20-24(28)21(2)27-25(29)22-18-16-17-19-23(22)26(27)30/h16-19,21H,3-15,20H2,1-2H3. The van der Waals surface area contributed by atoms with Crippen molar-refractivity contribution in [2.75, 3.05) is 0 Å². The second kappa shape index (κ2) is 13.4. The zero-order valence-corrected chi connectivity index (χ0v) is 19.0. The summed E-state index contributed by atoms with van der Waals surface area (Å²) in [5.74, 6) is -0.712. The molecule has 0 saturated carbocycles. The smallest absolute Gasteiger partial charge is 0.262 e. The Hall–Kier alpha value is -1.97. The third kappa shape index (κ3) is 7.07. The highest BCUT2D eigenvalue weighted by molar-refractivity contribution is 6.22. The summed E-state index contributed by atoms with van der Waals surface area (Å²) in [6.07, 6.45) is 16.9. The van der Waals surface area contributed by atoms with Crippen LogP contribution in [0, 0.1) is 0 Å². The molecule has 0 aromatic heterocycles. The van der Waals surface area contributed by atoms with Crippen molar-refractivity contribution in [2.24, 2.45) is 0 Å². The minimum atomic E-state index is -0.685. The molecule has 1 aromatic carbocycles. The Kier molecular flexibility index (Phi) is 10.8. The van der Waals surface area contributed by atoms with E-state index in [1.54, 1.807) is 31.2 Å². The molecule has 1 aliphatic rings. The average Bonchev–Trinajstić information content (AvgIpc) is 3.01. The largest absolute Gasteiger partial charge is 0.297 e. The Bertz CT molecular complexity index is 662. The number of hydrogen-bond acceptors (Lipinski definition) is 3. The molecule has 1 unspecified atom stereocenters. The van der Waals surface area contributed by atoms with Crippen LogP contribution < -0.4 is 0 Å². The monoisotopic (exact) mass is 413 g/mol. The van der Waals surface area contributed by atoms with Gasteiger partial charge in [-0.25, -0.2) is 0 Å².